The van der Waals surface area contributed by atoms with E-state index in [1.807, 2.05) is 48.9 Å². The summed E-state index contributed by atoms with van der Waals surface area (Å²) in [5.74, 6) is -0.0885. The number of ether oxygens (including phenoxy) is 1. The summed E-state index contributed by atoms with van der Waals surface area (Å²) in [5.41, 5.74) is 3.80. The molecule has 2 atom stereocenters. The largest absolute Gasteiger partial charge is 0.465 e. The second-order valence-corrected chi connectivity index (χ2v) is 6.87. The van der Waals surface area contributed by atoms with E-state index in [0.717, 1.165) is 22.6 Å². The molecule has 1 aromatic heterocycles. The molecule has 0 radical (unpaired) electrons. The molecule has 0 bridgehead atoms. The highest BCUT2D eigenvalue weighted by Crippen LogP contribution is 2.31. The van der Waals surface area contributed by atoms with E-state index < -0.39 is 0 Å². The maximum atomic E-state index is 12.7. The van der Waals surface area contributed by atoms with Gasteiger partial charge in [0.15, 0.2) is 0 Å². The number of likely N-dealkylation sites (tertiary alicyclic amines) is 1. The van der Waals surface area contributed by atoms with Crippen LogP contribution < -0.4 is 0 Å². The van der Waals surface area contributed by atoms with E-state index in [4.69, 9.17) is 4.74 Å². The Labute approximate surface area is 146 Å². The van der Waals surface area contributed by atoms with Crippen LogP contribution in [-0.2, 0) is 20.7 Å². The first-order valence-corrected chi connectivity index (χ1v) is 8.59. The topological polar surface area (TPSA) is 64.4 Å². The molecule has 6 heteroatoms. The predicted molar refractivity (Wildman–Crippen MR) is 91.3 cm³/mol. The SMILES string of the molecule is Cc1nn(-c2ccccc2)c(C)c1CC(=O)N1C[C@@H]2COC(=O)[C@@H]2C1. The van der Waals surface area contributed by atoms with Crippen LogP contribution in [0.1, 0.15) is 17.0 Å². The Kier molecular flexibility index (Phi) is 3.82. The number of carbonyl (C=O) groups is 2. The molecule has 0 aliphatic carbocycles. The molecule has 2 saturated heterocycles. The lowest BCUT2D eigenvalue weighted by Crippen LogP contribution is -2.32. The van der Waals surface area contributed by atoms with Crippen molar-refractivity contribution in [3.8, 4) is 5.69 Å². The van der Waals surface area contributed by atoms with Crippen LogP contribution in [0.4, 0.5) is 0 Å². The number of aromatic nitrogens is 2. The van der Waals surface area contributed by atoms with Gasteiger partial charge in [0.2, 0.25) is 5.91 Å². The van der Waals surface area contributed by atoms with Crippen molar-refractivity contribution in [3.05, 3.63) is 47.3 Å². The van der Waals surface area contributed by atoms with Gasteiger partial charge < -0.3 is 9.64 Å². The summed E-state index contributed by atoms with van der Waals surface area (Å²) in [5, 5.41) is 4.60. The number of esters is 1. The number of aryl methyl sites for hydroxylation is 1. The first-order valence-electron chi connectivity index (χ1n) is 8.59. The molecule has 6 nitrogen and oxygen atoms in total. The lowest BCUT2D eigenvalue weighted by molar-refractivity contribution is -0.142. The van der Waals surface area contributed by atoms with Gasteiger partial charge in [0.1, 0.15) is 0 Å². The lowest BCUT2D eigenvalue weighted by Gasteiger charge is -2.17. The molecule has 4 rings (SSSR count). The van der Waals surface area contributed by atoms with Gasteiger partial charge in [-0.2, -0.15) is 5.10 Å². The van der Waals surface area contributed by atoms with Crippen molar-refractivity contribution >= 4 is 11.9 Å². The van der Waals surface area contributed by atoms with Crippen molar-refractivity contribution in [1.29, 1.82) is 0 Å². The summed E-state index contributed by atoms with van der Waals surface area (Å²) in [6, 6.07) is 9.91. The van der Waals surface area contributed by atoms with Crippen molar-refractivity contribution in [2.45, 2.75) is 20.3 Å². The molecule has 2 fully saturated rings. The van der Waals surface area contributed by atoms with Crippen LogP contribution in [0, 0.1) is 25.7 Å². The molecule has 0 N–H and O–H groups in total. The molecule has 3 heterocycles. The molecule has 0 unspecified atom stereocenters. The van der Waals surface area contributed by atoms with Gasteiger partial charge in [-0.3, -0.25) is 9.59 Å². The predicted octanol–water partition coefficient (Wildman–Crippen LogP) is 1.66. The van der Waals surface area contributed by atoms with Crippen molar-refractivity contribution in [3.63, 3.8) is 0 Å². The third-order valence-electron chi connectivity index (χ3n) is 5.31. The fourth-order valence-corrected chi connectivity index (χ4v) is 3.82. The van der Waals surface area contributed by atoms with Gasteiger partial charge in [-0.25, -0.2) is 4.68 Å². The van der Waals surface area contributed by atoms with E-state index in [1.165, 1.54) is 0 Å². The second kappa shape index (κ2) is 6.02. The van der Waals surface area contributed by atoms with Gasteiger partial charge in [-0.05, 0) is 26.0 Å². The maximum Gasteiger partial charge on any atom is 0.311 e. The van der Waals surface area contributed by atoms with Crippen molar-refractivity contribution in [2.75, 3.05) is 19.7 Å². The Morgan fingerprint density at radius 3 is 2.72 bits per heavy atom. The normalized spacial score (nSPS) is 22.2. The number of para-hydroxylation sites is 1. The zero-order chi connectivity index (χ0) is 17.6. The van der Waals surface area contributed by atoms with Crippen molar-refractivity contribution in [1.82, 2.24) is 14.7 Å². The van der Waals surface area contributed by atoms with Gasteiger partial charge >= 0.3 is 5.97 Å². The Balaban J connectivity index is 1.53. The molecule has 130 valence electrons. The maximum absolute atomic E-state index is 12.7. The van der Waals surface area contributed by atoms with Crippen molar-refractivity contribution in [2.24, 2.45) is 11.8 Å². The highest BCUT2D eigenvalue weighted by atomic mass is 16.5. The molecule has 1 amide bonds. The van der Waals surface area contributed by atoms with Crippen LogP contribution in [0.2, 0.25) is 0 Å². The van der Waals surface area contributed by atoms with Crippen LogP contribution in [0.25, 0.3) is 5.69 Å². The van der Waals surface area contributed by atoms with E-state index in [0.29, 0.717) is 26.1 Å². The van der Waals surface area contributed by atoms with Gasteiger partial charge in [0.25, 0.3) is 0 Å². The van der Waals surface area contributed by atoms with Crippen LogP contribution in [0.5, 0.6) is 0 Å². The summed E-state index contributed by atoms with van der Waals surface area (Å²) < 4.78 is 6.95. The Bertz CT molecular complexity index is 828. The first-order chi connectivity index (χ1) is 12.0. The molecule has 2 aromatic rings. The second-order valence-electron chi connectivity index (χ2n) is 6.87. The van der Waals surface area contributed by atoms with Crippen molar-refractivity contribution < 1.29 is 14.3 Å². The quantitative estimate of drug-likeness (QED) is 0.798. The van der Waals surface area contributed by atoms with Gasteiger partial charge in [0, 0.05) is 30.3 Å². The summed E-state index contributed by atoms with van der Waals surface area (Å²) >= 11 is 0. The molecule has 1 aromatic carbocycles. The molecule has 25 heavy (non-hydrogen) atoms. The first kappa shape index (κ1) is 15.9. The van der Waals surface area contributed by atoms with Gasteiger partial charge in [-0.1, -0.05) is 18.2 Å². The lowest BCUT2D eigenvalue weighted by atomic mass is 10.0. The summed E-state index contributed by atoms with van der Waals surface area (Å²) in [6.45, 7) is 5.46. The number of carbonyl (C=O) groups excluding carboxylic acids is 2. The minimum atomic E-state index is -0.162. The number of fused-ring (bicyclic) bond motifs is 1. The Morgan fingerprint density at radius 1 is 1.24 bits per heavy atom. The zero-order valence-electron chi connectivity index (χ0n) is 14.4. The van der Waals surface area contributed by atoms with Crippen LogP contribution in [-0.4, -0.2) is 46.3 Å². The summed E-state index contributed by atoms with van der Waals surface area (Å²) in [7, 11) is 0. The van der Waals surface area contributed by atoms with Gasteiger partial charge in [0.05, 0.1) is 30.3 Å². The highest BCUT2D eigenvalue weighted by Gasteiger charge is 2.45. The fraction of sp³-hybridized carbons (Fsp3) is 0.421. The van der Waals surface area contributed by atoms with E-state index in [-0.39, 0.29) is 23.7 Å². The smallest absolute Gasteiger partial charge is 0.311 e. The van der Waals surface area contributed by atoms with Crippen LogP contribution >= 0.6 is 0 Å². The number of hydrogen-bond donors (Lipinski definition) is 0. The van der Waals surface area contributed by atoms with E-state index in [9.17, 15) is 9.59 Å². The average molecular weight is 339 g/mol. The Hall–Kier alpha value is -2.63. The third-order valence-corrected chi connectivity index (χ3v) is 5.31. The molecule has 2 aliphatic heterocycles. The van der Waals surface area contributed by atoms with Crippen LogP contribution in [0.3, 0.4) is 0 Å². The number of cyclic esters (lactones) is 1. The zero-order valence-corrected chi connectivity index (χ0v) is 14.4. The molecular formula is C19H21N3O3. The average Bonchev–Trinajstić information content (AvgIpc) is 3.26. The number of benzene rings is 1. The number of amides is 1. The van der Waals surface area contributed by atoms with Crippen LogP contribution in [0.15, 0.2) is 30.3 Å². The van der Waals surface area contributed by atoms with E-state index >= 15 is 0 Å². The number of nitrogens with zero attached hydrogens (tertiary/aromatic N) is 3. The molecule has 0 spiro atoms. The highest BCUT2D eigenvalue weighted by molar-refractivity contribution is 5.82. The van der Waals surface area contributed by atoms with Gasteiger partial charge in [-0.15, -0.1) is 0 Å². The minimum Gasteiger partial charge on any atom is -0.465 e. The Morgan fingerprint density at radius 2 is 2.00 bits per heavy atom. The number of rotatable bonds is 3. The summed E-state index contributed by atoms with van der Waals surface area (Å²) in [6.07, 6.45) is 0.318. The minimum absolute atomic E-state index is 0.0565. The standard InChI is InChI=1S/C19H21N3O3/c1-12-16(13(2)22(20-12)15-6-4-3-5-7-15)8-18(23)21-9-14-11-25-19(24)17(14)10-21/h3-7,14,17H,8-11H2,1-2H3/t14-,17-/m1/s1. The van der Waals surface area contributed by atoms with E-state index in [2.05, 4.69) is 5.10 Å². The fourth-order valence-electron chi connectivity index (χ4n) is 3.82. The molecule has 2 aliphatic rings. The third kappa shape index (κ3) is 2.71. The van der Waals surface area contributed by atoms with E-state index in [1.54, 1.807) is 4.90 Å². The molecule has 0 saturated carbocycles. The monoisotopic (exact) mass is 339 g/mol. The number of hydrogen-bond acceptors (Lipinski definition) is 4. The molecular weight excluding hydrogens is 318 g/mol. The summed E-state index contributed by atoms with van der Waals surface area (Å²) in [4.78, 5) is 26.2.